The zero-order valence-electron chi connectivity index (χ0n) is 13.6. The Balaban J connectivity index is 1.60. The van der Waals surface area contributed by atoms with Crippen LogP contribution in [-0.2, 0) is 6.54 Å². The van der Waals surface area contributed by atoms with Crippen molar-refractivity contribution in [3.05, 3.63) is 71.4 Å². The second kappa shape index (κ2) is 5.74. The highest BCUT2D eigenvalue weighted by Crippen LogP contribution is 2.44. The molecule has 1 aliphatic rings. The highest BCUT2D eigenvalue weighted by Gasteiger charge is 2.30. The minimum Gasteiger partial charge on any atom is -0.345 e. The molecule has 0 bridgehead atoms. The number of rotatable bonds is 4. The monoisotopic (exact) mass is 348 g/mol. The van der Waals surface area contributed by atoms with Gasteiger partial charge in [0.05, 0.1) is 35.1 Å². The maximum absolute atomic E-state index is 6.50. The van der Waals surface area contributed by atoms with E-state index in [0.29, 0.717) is 5.92 Å². The van der Waals surface area contributed by atoms with Crippen LogP contribution in [0.5, 0.6) is 0 Å². The summed E-state index contributed by atoms with van der Waals surface area (Å²) in [5.74, 6) is 0.572. The molecule has 0 unspecified atom stereocenters. The van der Waals surface area contributed by atoms with Crippen molar-refractivity contribution in [2.75, 3.05) is 0 Å². The Kier molecular flexibility index (Phi) is 3.38. The van der Waals surface area contributed by atoms with E-state index in [1.165, 1.54) is 24.1 Å². The van der Waals surface area contributed by atoms with Gasteiger partial charge in [0, 0.05) is 23.0 Å². The molecule has 0 radical (unpaired) electrons. The standard InChI is InChI=1S/C20H17ClN4/c21-16-4-2-1-3-15(16)20-19(14-6-7-14)24-12-25(20)10-13-5-8-17-18(9-13)23-11-22-17/h1-5,8-9,11-12,14H,6-7,10H2,(H,22,23). The number of fused-ring (bicyclic) bond motifs is 1. The first-order valence-electron chi connectivity index (χ1n) is 8.51. The third-order valence-electron chi connectivity index (χ3n) is 4.80. The quantitative estimate of drug-likeness (QED) is 0.563. The lowest BCUT2D eigenvalue weighted by molar-refractivity contribution is 0.805. The molecule has 2 aromatic carbocycles. The van der Waals surface area contributed by atoms with Gasteiger partial charge in [-0.3, -0.25) is 0 Å². The number of nitrogens with one attached hydrogen (secondary N) is 1. The molecule has 1 N–H and O–H groups in total. The van der Waals surface area contributed by atoms with E-state index in [9.17, 15) is 0 Å². The molecule has 4 aromatic rings. The number of halogens is 1. The van der Waals surface area contributed by atoms with Gasteiger partial charge in [0.15, 0.2) is 0 Å². The second-order valence-corrected chi connectivity index (χ2v) is 7.02. The molecule has 0 atom stereocenters. The Morgan fingerprint density at radius 2 is 2.00 bits per heavy atom. The van der Waals surface area contributed by atoms with Crippen LogP contribution in [0.4, 0.5) is 0 Å². The molecule has 1 fully saturated rings. The van der Waals surface area contributed by atoms with Gasteiger partial charge in [0.1, 0.15) is 0 Å². The maximum Gasteiger partial charge on any atom is 0.0957 e. The van der Waals surface area contributed by atoms with E-state index in [1.807, 2.05) is 24.5 Å². The van der Waals surface area contributed by atoms with E-state index in [2.05, 4.69) is 38.8 Å². The fraction of sp³-hybridized carbons (Fsp3) is 0.200. The van der Waals surface area contributed by atoms with Gasteiger partial charge in [0.25, 0.3) is 0 Å². The van der Waals surface area contributed by atoms with Gasteiger partial charge in [-0.2, -0.15) is 0 Å². The summed E-state index contributed by atoms with van der Waals surface area (Å²) >= 11 is 6.50. The average Bonchev–Trinajstić information content (AvgIpc) is 3.22. The van der Waals surface area contributed by atoms with Gasteiger partial charge in [-0.25, -0.2) is 9.97 Å². The predicted octanol–water partition coefficient (Wildman–Crippen LogP) is 5.01. The van der Waals surface area contributed by atoms with E-state index in [1.54, 1.807) is 6.33 Å². The van der Waals surface area contributed by atoms with Crippen LogP contribution >= 0.6 is 11.6 Å². The first-order chi connectivity index (χ1) is 12.3. The Morgan fingerprint density at radius 3 is 2.84 bits per heavy atom. The third kappa shape index (κ3) is 2.63. The Morgan fingerprint density at radius 1 is 1.12 bits per heavy atom. The summed E-state index contributed by atoms with van der Waals surface area (Å²) in [5.41, 5.74) is 6.64. The van der Waals surface area contributed by atoms with Gasteiger partial charge >= 0.3 is 0 Å². The summed E-state index contributed by atoms with van der Waals surface area (Å²) in [7, 11) is 0. The molecule has 25 heavy (non-hydrogen) atoms. The van der Waals surface area contributed by atoms with E-state index in [0.717, 1.165) is 33.9 Å². The second-order valence-electron chi connectivity index (χ2n) is 6.61. The zero-order chi connectivity index (χ0) is 16.8. The average molecular weight is 349 g/mol. The van der Waals surface area contributed by atoms with Crippen LogP contribution in [0, 0.1) is 0 Å². The van der Waals surface area contributed by atoms with Gasteiger partial charge < -0.3 is 9.55 Å². The lowest BCUT2D eigenvalue weighted by Gasteiger charge is -2.12. The van der Waals surface area contributed by atoms with Crippen molar-refractivity contribution in [2.24, 2.45) is 0 Å². The van der Waals surface area contributed by atoms with Crippen molar-refractivity contribution in [3.63, 3.8) is 0 Å². The number of benzene rings is 2. The Bertz CT molecular complexity index is 1060. The van der Waals surface area contributed by atoms with E-state index >= 15 is 0 Å². The van der Waals surface area contributed by atoms with Crippen LogP contribution in [0.1, 0.15) is 30.0 Å². The van der Waals surface area contributed by atoms with E-state index < -0.39 is 0 Å². The molecule has 1 aliphatic carbocycles. The molecule has 0 aliphatic heterocycles. The summed E-state index contributed by atoms with van der Waals surface area (Å²) in [6, 6.07) is 14.4. The van der Waals surface area contributed by atoms with Crippen LogP contribution in [0.3, 0.4) is 0 Å². The van der Waals surface area contributed by atoms with Gasteiger partial charge in [0.2, 0.25) is 0 Å². The summed E-state index contributed by atoms with van der Waals surface area (Å²) in [4.78, 5) is 12.2. The van der Waals surface area contributed by atoms with Gasteiger partial charge in [-0.1, -0.05) is 35.9 Å². The highest BCUT2D eigenvalue weighted by molar-refractivity contribution is 6.33. The third-order valence-corrected chi connectivity index (χ3v) is 5.13. The largest absolute Gasteiger partial charge is 0.345 e. The molecule has 0 spiro atoms. The molecular weight excluding hydrogens is 332 g/mol. The molecule has 5 heteroatoms. The summed E-state index contributed by atoms with van der Waals surface area (Å²) in [6.45, 7) is 0.759. The summed E-state index contributed by atoms with van der Waals surface area (Å²) in [6.07, 6.45) is 6.11. The molecule has 4 nitrogen and oxygen atoms in total. The fourth-order valence-corrected chi connectivity index (χ4v) is 3.62. The van der Waals surface area contributed by atoms with Crippen LogP contribution in [0.15, 0.2) is 55.1 Å². The normalized spacial score (nSPS) is 14.3. The topological polar surface area (TPSA) is 46.5 Å². The first kappa shape index (κ1) is 14.7. The summed E-state index contributed by atoms with van der Waals surface area (Å²) < 4.78 is 2.21. The van der Waals surface area contributed by atoms with Crippen LogP contribution in [0.25, 0.3) is 22.3 Å². The number of hydrogen-bond donors (Lipinski definition) is 1. The number of aromatic nitrogens is 4. The molecular formula is C20H17ClN4. The smallest absolute Gasteiger partial charge is 0.0957 e. The van der Waals surface area contributed by atoms with Gasteiger partial charge in [-0.15, -0.1) is 0 Å². The van der Waals surface area contributed by atoms with Crippen molar-refractivity contribution < 1.29 is 0 Å². The molecule has 1 saturated carbocycles. The summed E-state index contributed by atoms with van der Waals surface area (Å²) in [5, 5.41) is 0.773. The van der Waals surface area contributed by atoms with Crippen LogP contribution in [0.2, 0.25) is 5.02 Å². The van der Waals surface area contributed by atoms with Crippen LogP contribution in [-0.4, -0.2) is 19.5 Å². The molecule has 124 valence electrons. The van der Waals surface area contributed by atoms with E-state index in [4.69, 9.17) is 16.6 Å². The lowest BCUT2D eigenvalue weighted by Crippen LogP contribution is -2.02. The minimum absolute atomic E-state index is 0.572. The number of hydrogen-bond acceptors (Lipinski definition) is 2. The van der Waals surface area contributed by atoms with Crippen molar-refractivity contribution in [1.82, 2.24) is 19.5 Å². The van der Waals surface area contributed by atoms with Gasteiger partial charge in [-0.05, 0) is 36.6 Å². The Labute approximate surface area is 150 Å². The van der Waals surface area contributed by atoms with Crippen molar-refractivity contribution in [3.8, 4) is 11.3 Å². The fourth-order valence-electron chi connectivity index (χ4n) is 3.40. The molecule has 2 aromatic heterocycles. The highest BCUT2D eigenvalue weighted by atomic mass is 35.5. The van der Waals surface area contributed by atoms with Crippen molar-refractivity contribution in [1.29, 1.82) is 0 Å². The first-order valence-corrected chi connectivity index (χ1v) is 8.89. The number of aromatic amines is 1. The molecule has 2 heterocycles. The number of H-pyrrole nitrogens is 1. The zero-order valence-corrected chi connectivity index (χ0v) is 14.4. The Hall–Kier alpha value is -2.59. The molecule has 0 amide bonds. The predicted molar refractivity (Wildman–Crippen MR) is 99.8 cm³/mol. The van der Waals surface area contributed by atoms with Crippen molar-refractivity contribution >= 4 is 22.6 Å². The minimum atomic E-state index is 0.572. The molecule has 5 rings (SSSR count). The number of imidazole rings is 2. The van der Waals surface area contributed by atoms with E-state index in [-0.39, 0.29) is 0 Å². The lowest BCUT2D eigenvalue weighted by atomic mass is 10.1. The SMILES string of the molecule is Clc1ccccc1-c1c(C2CC2)ncn1Cc1ccc2nc[nH]c2c1. The van der Waals surface area contributed by atoms with Crippen LogP contribution < -0.4 is 0 Å². The molecule has 0 saturated heterocycles. The maximum atomic E-state index is 6.50. The van der Waals surface area contributed by atoms with Crippen molar-refractivity contribution in [2.45, 2.75) is 25.3 Å². The number of nitrogens with zero attached hydrogens (tertiary/aromatic N) is 3.